The summed E-state index contributed by atoms with van der Waals surface area (Å²) in [5.41, 5.74) is 2.24. The number of aromatic hydroxyl groups is 1. The first-order valence-electron chi connectivity index (χ1n) is 34.3. The number of benzene rings is 3. The summed E-state index contributed by atoms with van der Waals surface area (Å²) >= 11 is 0. The third kappa shape index (κ3) is 21.4. The van der Waals surface area contributed by atoms with Gasteiger partial charge in [0.1, 0.15) is 72.1 Å². The van der Waals surface area contributed by atoms with Crippen LogP contribution in [0.3, 0.4) is 0 Å². The highest BCUT2D eigenvalue weighted by atomic mass is 31.2. The number of carbonyl (C=O) groups is 3. The number of aromatic nitrogens is 6. The average molecular weight is 1600 g/mol. The zero-order chi connectivity index (χ0) is 79.0. The van der Waals surface area contributed by atoms with Crippen LogP contribution in [0.2, 0.25) is 0 Å². The predicted molar refractivity (Wildman–Crippen MR) is 384 cm³/mol. The largest absolute Gasteiger partial charge is 0.508 e. The molecule has 3 aromatic heterocycles. The first kappa shape index (κ1) is 83.6. The van der Waals surface area contributed by atoms with Gasteiger partial charge in [-0.2, -0.15) is 4.98 Å². The van der Waals surface area contributed by atoms with Crippen LogP contribution in [0.1, 0.15) is 95.5 Å². The summed E-state index contributed by atoms with van der Waals surface area (Å²) < 4.78 is 129. The number of aromatic amines is 2. The quantitative estimate of drug-likeness (QED) is 0.0113. The van der Waals surface area contributed by atoms with Gasteiger partial charge in [0.05, 0.1) is 76.7 Å². The third-order valence-electron chi connectivity index (χ3n) is 17.5. The molecule has 40 nitrogen and oxygen atoms in total. The van der Waals surface area contributed by atoms with Crippen molar-refractivity contribution >= 4 is 64.1 Å². The number of ether oxygens (including phenoxy) is 5. The maximum atomic E-state index is 14.3. The van der Waals surface area contributed by atoms with Crippen LogP contribution < -0.4 is 50.0 Å². The molecule has 3 fully saturated rings. The van der Waals surface area contributed by atoms with Crippen molar-refractivity contribution in [3.8, 4) is 28.2 Å². The third-order valence-corrected chi connectivity index (χ3v) is 21.9. The minimum absolute atomic E-state index is 0.00238. The fourth-order valence-corrected chi connectivity index (χ4v) is 15.1. The molecule has 0 radical (unpaired) electrons. The van der Waals surface area contributed by atoms with Gasteiger partial charge in [-0.25, -0.2) is 32.9 Å². The zero-order valence-corrected chi connectivity index (χ0v) is 62.3. The van der Waals surface area contributed by atoms with E-state index in [1.807, 2.05) is 0 Å². The number of aromatic carboxylic acids is 1. The van der Waals surface area contributed by atoms with Crippen LogP contribution in [-0.4, -0.2) is 197 Å². The SMILES string of the molecule is COP(=O)(OCCOCCOCCOP(=O)(OC)O[C@@H]1C[C@H](n2cc(C=CC(=O)NCCCCCCNC(=O)c3ccc(C(=O)O)c(-c4c5ccc(=O)cc-5oc5cc(O)ccc45)c3)c(=O)[nH]c2=O)O[C@@H]1COP(=O)(OC)O[C@@H]1C[C@H](n2cc(C)c(=O)[nH]c2=O)O[C@@H]1CO)OC[C@H]1O[C@@H](n2ccc(N)nc2=O)C[C@H]1O. The first-order valence-corrected chi connectivity index (χ1v) is 38.7. The van der Waals surface area contributed by atoms with Crippen LogP contribution in [-0.2, 0) is 82.9 Å². The molecule has 10 rings (SSSR count). The van der Waals surface area contributed by atoms with Crippen molar-refractivity contribution in [2.75, 3.05) is 99.6 Å². The number of anilines is 1. The van der Waals surface area contributed by atoms with Gasteiger partial charge in [0.2, 0.25) is 5.91 Å². The van der Waals surface area contributed by atoms with E-state index >= 15 is 0 Å². The number of aliphatic hydroxyl groups excluding tert-OH is 2. The second-order valence-electron chi connectivity index (χ2n) is 25.0. The topological polar surface area (TPSA) is 537 Å². The molecule has 2 aromatic carbocycles. The fourth-order valence-electron chi connectivity index (χ4n) is 12.0. The number of nitrogen functional groups attached to an aromatic ring is 1. The summed E-state index contributed by atoms with van der Waals surface area (Å²) in [6.45, 7) is -1.14. The number of hydrogen-bond donors (Lipinski definition) is 9. The summed E-state index contributed by atoms with van der Waals surface area (Å²) in [5.74, 6) is -2.34. The number of fused-ring (bicyclic) bond motifs is 2. The van der Waals surface area contributed by atoms with Gasteiger partial charge in [0.25, 0.3) is 17.0 Å². The first-order chi connectivity index (χ1) is 52.6. The van der Waals surface area contributed by atoms with Crippen molar-refractivity contribution in [3.05, 3.63) is 170 Å². The van der Waals surface area contributed by atoms with Crippen LogP contribution in [0.15, 0.2) is 119 Å². The highest BCUT2D eigenvalue weighted by molar-refractivity contribution is 7.49. The number of unbranched alkanes of at least 4 members (excludes halogenated alkanes) is 3. The molecule has 0 spiro atoms. The molecule has 43 heteroatoms. The molecular formula is C67H82N9O31P3. The normalized spacial score (nSPS) is 21.6. The lowest BCUT2D eigenvalue weighted by atomic mass is 9.89. The molecule has 4 aliphatic heterocycles. The van der Waals surface area contributed by atoms with E-state index in [4.69, 9.17) is 74.5 Å². The number of nitrogens with one attached hydrogen (secondary N) is 4. The maximum Gasteiger partial charge on any atom is 0.474 e. The Morgan fingerprint density at radius 3 is 1.92 bits per heavy atom. The summed E-state index contributed by atoms with van der Waals surface area (Å²) in [5, 5.41) is 47.2. The number of amides is 2. The van der Waals surface area contributed by atoms with Crippen LogP contribution in [0.25, 0.3) is 39.5 Å². The van der Waals surface area contributed by atoms with Gasteiger partial charge in [-0.05, 0) is 79.9 Å². The number of phenols is 1. The van der Waals surface area contributed by atoms with E-state index in [1.165, 1.54) is 73.9 Å². The fraction of sp³-hybridized carbons (Fsp3) is 0.463. The Balaban J connectivity index is 0.708. The van der Waals surface area contributed by atoms with Crippen molar-refractivity contribution < 1.29 is 117 Å². The minimum Gasteiger partial charge on any atom is -0.508 e. The Hall–Kier alpha value is -8.83. The van der Waals surface area contributed by atoms with Gasteiger partial charge in [-0.3, -0.25) is 88.4 Å². The summed E-state index contributed by atoms with van der Waals surface area (Å²) in [6, 6.07) is 13.9. The van der Waals surface area contributed by atoms with Crippen LogP contribution in [0.5, 0.6) is 5.75 Å². The highest BCUT2D eigenvalue weighted by Gasteiger charge is 2.47. The number of nitrogens with zero attached hydrogens (tertiary/aromatic N) is 4. The van der Waals surface area contributed by atoms with Gasteiger partial charge in [0.15, 0.2) is 5.43 Å². The van der Waals surface area contributed by atoms with E-state index in [2.05, 4.69) is 25.6 Å². The standard InChI is InChI=1S/C67H82N9O31P3/c1-38-33-75(66(88)72-61(38)82)58-31-50(52(35-77)103-58)106-110(92,95-4)101-37-54-51(107-109(91,94-3)99-26-24-97-22-21-96-23-25-98-108(90,93-2)100-36-53-47(80)30-57(104-53)74-20-17-55(68)71-65(74)87)32-59(105-54)76-34-40(63(84)73-67(76)89)10-16-56(81)69-18-7-5-6-8-19-70-62(83)39-9-13-43(64(85)86)46(27-39)60-44-14-11-41(78)28-48(44)102-49-29-42(79)12-15-45(49)60/h9-17,20,27-29,33-34,47,50-54,57-59,77-78,80H,5-8,18-19,21-26,30-32,35-37H2,1-4H3,(H,69,81)(H,70,83)(H,85,86)(H2,68,71,87)(H,72,82,88)(H,73,84,89)/t47-,50-,51-,52-,53-,54-,57-,58-,59-,108?,109?,110?/m1/s1. The Bertz CT molecular complexity index is 4970. The molecule has 5 aliphatic rings. The number of phosphoric acid groups is 3. The molecule has 0 bridgehead atoms. The number of phenolic OH excluding ortho intramolecular Hbond substituents is 1. The Kier molecular flexibility index (Phi) is 28.8. The second-order valence-corrected chi connectivity index (χ2v) is 30.2. The highest BCUT2D eigenvalue weighted by Crippen LogP contribution is 2.56. The molecule has 12 atom stereocenters. The number of nitrogens with two attached hydrogens (primary N) is 1. The summed E-state index contributed by atoms with van der Waals surface area (Å²) in [4.78, 5) is 123. The Labute approximate surface area is 623 Å². The van der Waals surface area contributed by atoms with Crippen molar-refractivity contribution in [3.63, 3.8) is 0 Å². The maximum absolute atomic E-state index is 14.3. The van der Waals surface area contributed by atoms with Gasteiger partial charge >= 0.3 is 46.5 Å². The minimum atomic E-state index is -4.73. The average Bonchev–Trinajstić information content (AvgIpc) is 1.32. The van der Waals surface area contributed by atoms with Crippen molar-refractivity contribution in [2.24, 2.45) is 0 Å². The summed E-state index contributed by atoms with van der Waals surface area (Å²) in [6.07, 6.45) is -3.31. The van der Waals surface area contributed by atoms with Crippen LogP contribution in [0.4, 0.5) is 5.82 Å². The molecule has 0 saturated carbocycles. The molecular weight excluding hydrogens is 1520 g/mol. The van der Waals surface area contributed by atoms with Crippen LogP contribution in [0, 0.1) is 6.92 Å². The molecule has 10 N–H and O–H groups in total. The number of phosphoric ester groups is 3. The van der Waals surface area contributed by atoms with Gasteiger partial charge in [0, 0.05) is 118 Å². The van der Waals surface area contributed by atoms with E-state index in [1.54, 1.807) is 6.07 Å². The van der Waals surface area contributed by atoms with E-state index in [0.717, 1.165) is 53.4 Å². The Morgan fingerprint density at radius 1 is 0.664 bits per heavy atom. The number of H-pyrrole nitrogens is 2. The lowest BCUT2D eigenvalue weighted by molar-refractivity contribution is -0.116. The monoisotopic (exact) mass is 1600 g/mol. The lowest BCUT2D eigenvalue weighted by Gasteiger charge is -2.26. The number of aryl methyl sites for hydroxylation is 1. The smallest absolute Gasteiger partial charge is 0.474 e. The van der Waals surface area contributed by atoms with E-state index < -0.39 is 151 Å². The molecule has 7 heterocycles. The molecule has 1 aliphatic carbocycles. The Morgan fingerprint density at radius 2 is 1.25 bits per heavy atom. The zero-order valence-electron chi connectivity index (χ0n) is 59.6. The van der Waals surface area contributed by atoms with E-state index in [0.29, 0.717) is 42.2 Å². The lowest BCUT2D eigenvalue weighted by Crippen LogP contribution is -2.33. The number of carboxylic acid groups (broad SMARTS) is 1. The van der Waals surface area contributed by atoms with Gasteiger partial charge in [-0.1, -0.05) is 12.8 Å². The second kappa shape index (κ2) is 37.9. The van der Waals surface area contributed by atoms with Crippen molar-refractivity contribution in [1.29, 1.82) is 0 Å². The predicted octanol–water partition coefficient (Wildman–Crippen LogP) is 3.99. The van der Waals surface area contributed by atoms with Crippen LogP contribution >= 0.6 is 23.5 Å². The molecule has 2 amide bonds. The number of carbonyl (C=O) groups excluding carboxylic acids is 2. The van der Waals surface area contributed by atoms with Gasteiger partial charge < -0.3 is 64.9 Å². The summed E-state index contributed by atoms with van der Waals surface area (Å²) in [7, 11) is -10.5. The molecule has 3 saturated heterocycles. The molecule has 110 heavy (non-hydrogen) atoms. The van der Waals surface area contributed by atoms with Gasteiger partial charge in [-0.15, -0.1) is 0 Å². The van der Waals surface area contributed by atoms with E-state index in [-0.39, 0.29) is 122 Å². The van der Waals surface area contributed by atoms with Crippen molar-refractivity contribution in [1.82, 2.24) is 39.3 Å². The molecule has 596 valence electrons. The number of carboxylic acids is 1. The molecule has 3 unspecified atom stereocenters. The molecule has 5 aromatic rings. The number of rotatable bonds is 40. The van der Waals surface area contributed by atoms with Crippen molar-refractivity contribution in [2.45, 2.75) is 107 Å². The number of aliphatic hydroxyl groups is 2. The number of hydrogen-bond acceptors (Lipinski definition) is 32. The van der Waals surface area contributed by atoms with E-state index in [9.17, 15) is 77.3 Å².